The minimum atomic E-state index is -0.246. The zero-order valence-corrected chi connectivity index (χ0v) is 17.6. The summed E-state index contributed by atoms with van der Waals surface area (Å²) in [5.74, 6) is -0.246. The summed E-state index contributed by atoms with van der Waals surface area (Å²) in [5, 5.41) is 18.3. The van der Waals surface area contributed by atoms with Gasteiger partial charge in [0.15, 0.2) is 13.1 Å². The highest BCUT2D eigenvalue weighted by molar-refractivity contribution is 5.68. The third-order valence-electron chi connectivity index (χ3n) is 4.68. The molecule has 0 unspecified atom stereocenters. The van der Waals surface area contributed by atoms with Crippen LogP contribution in [0.15, 0.2) is 12.2 Å². The first-order chi connectivity index (χ1) is 13.2. The third-order valence-corrected chi connectivity index (χ3v) is 4.68. The van der Waals surface area contributed by atoms with E-state index in [1.165, 1.54) is 64.2 Å². The second-order valence-electron chi connectivity index (χ2n) is 7.29. The molecule has 0 spiro atoms. The van der Waals surface area contributed by atoms with Crippen LogP contribution in [0.1, 0.15) is 96.8 Å². The minimum Gasteiger partial charge on any atom is -0.390 e. The molecule has 3 N–H and O–H groups in total. The fourth-order valence-electron chi connectivity index (χ4n) is 3.03. The van der Waals surface area contributed by atoms with Crippen LogP contribution in [0.4, 0.5) is 0 Å². The molecule has 0 aliphatic rings. The number of aliphatic hydroxyl groups excluding tert-OH is 2. The summed E-state index contributed by atoms with van der Waals surface area (Å²) < 4.78 is 0. The minimum absolute atomic E-state index is 0.0595. The normalized spacial score (nSPS) is 11.6. The summed E-state index contributed by atoms with van der Waals surface area (Å²) in [6, 6.07) is 0. The maximum Gasteiger partial charge on any atom is 0.638 e. The monoisotopic (exact) mass is 386 g/mol. The Bertz CT molecular complexity index is 341. The predicted octanol–water partition coefficient (Wildman–Crippen LogP) is 3.35. The molecule has 0 aromatic heterocycles. The van der Waals surface area contributed by atoms with Gasteiger partial charge in [-0.1, -0.05) is 80.3 Å². The fraction of sp³-hybridized carbons (Fsp3) is 0.864. The summed E-state index contributed by atoms with van der Waals surface area (Å²) in [6.07, 6.45) is 21.1. The number of allylic oxidation sites excluding steroid dienone is 2. The van der Waals surface area contributed by atoms with Gasteiger partial charge in [-0.15, -0.1) is 0 Å². The fourth-order valence-corrected chi connectivity index (χ4v) is 3.03. The zero-order valence-electron chi connectivity index (χ0n) is 17.6. The number of hydrogen-bond acceptors (Lipinski definition) is 4. The smallest absolute Gasteiger partial charge is 0.390 e. The summed E-state index contributed by atoms with van der Waals surface area (Å²) in [7, 11) is 0. The number of aliphatic hydroxyl groups is 2. The number of carbonyl (C=O) groups is 1. The Morgan fingerprint density at radius 2 is 1.26 bits per heavy atom. The van der Waals surface area contributed by atoms with Gasteiger partial charge < -0.3 is 10.2 Å². The molecule has 5 heteroatoms. The number of rotatable bonds is 20. The standard InChI is InChI=1S/C22H43NO4/c1-2-3-4-5-6-7-8-9-10-11-12-13-14-15-16-17-22(26)27-23(18-20-24)19-21-25/h9-10,24-25H,2-8,11-21H2,1H3/q+1/p+1/b10-9-. The third kappa shape index (κ3) is 19.7. The van der Waals surface area contributed by atoms with Crippen LogP contribution in [0, 0.1) is 0 Å². The lowest BCUT2D eigenvalue weighted by Crippen LogP contribution is -3.12. The number of hydrogen-bond donors (Lipinski definition) is 3. The average molecular weight is 387 g/mol. The van der Waals surface area contributed by atoms with Crippen molar-refractivity contribution in [2.24, 2.45) is 0 Å². The molecule has 159 valence electrons. The molecule has 1 radical (unpaired) electrons. The van der Waals surface area contributed by atoms with Gasteiger partial charge in [0.2, 0.25) is 0 Å². The maximum absolute atomic E-state index is 11.7. The number of nitrogens with one attached hydrogen (secondary N) is 1. The summed E-state index contributed by atoms with van der Waals surface area (Å²) in [4.78, 5) is 16.9. The molecule has 0 bridgehead atoms. The highest BCUT2D eigenvalue weighted by Crippen LogP contribution is 2.10. The van der Waals surface area contributed by atoms with E-state index in [0.717, 1.165) is 19.3 Å². The van der Waals surface area contributed by atoms with E-state index < -0.39 is 0 Å². The lowest BCUT2D eigenvalue weighted by molar-refractivity contribution is -1.07. The van der Waals surface area contributed by atoms with E-state index in [4.69, 9.17) is 15.1 Å². The largest absolute Gasteiger partial charge is 0.638 e. The molecule has 0 aromatic rings. The number of carbonyl (C=O) groups excluding carboxylic acids is 1. The van der Waals surface area contributed by atoms with Crippen LogP contribution < -0.4 is 5.06 Å². The van der Waals surface area contributed by atoms with Gasteiger partial charge >= 0.3 is 5.97 Å². The van der Waals surface area contributed by atoms with E-state index in [-0.39, 0.29) is 19.2 Å². The van der Waals surface area contributed by atoms with Crippen molar-refractivity contribution in [2.75, 3.05) is 26.3 Å². The Labute approximate surface area is 166 Å². The molecule has 0 aliphatic carbocycles. The van der Waals surface area contributed by atoms with E-state index in [1.54, 1.807) is 0 Å². The Morgan fingerprint density at radius 1 is 0.778 bits per heavy atom. The number of hydroxylamine groups is 2. The van der Waals surface area contributed by atoms with Gasteiger partial charge in [0.05, 0.1) is 18.0 Å². The van der Waals surface area contributed by atoms with Crippen LogP contribution in [0.5, 0.6) is 0 Å². The van der Waals surface area contributed by atoms with Gasteiger partial charge in [0, 0.05) is 0 Å². The quantitative estimate of drug-likeness (QED) is 0.130. The molecular weight excluding hydrogens is 342 g/mol. The lowest BCUT2D eigenvalue weighted by atomic mass is 10.1. The molecular formula is C22H44NO4+2. The van der Waals surface area contributed by atoms with Gasteiger partial charge in [0.25, 0.3) is 0 Å². The highest BCUT2D eigenvalue weighted by Gasteiger charge is 2.26. The van der Waals surface area contributed by atoms with Crippen molar-refractivity contribution >= 4 is 5.97 Å². The van der Waals surface area contributed by atoms with E-state index in [0.29, 0.717) is 24.6 Å². The molecule has 0 rings (SSSR count). The highest BCUT2D eigenvalue weighted by atomic mass is 16.7. The summed E-state index contributed by atoms with van der Waals surface area (Å²) in [6.45, 7) is 2.77. The SMILES string of the molecule is CCCCCCCC/C=C\CCCCCCCC(=[O+])O[NH+](CCO)CCO. The Balaban J connectivity index is 3.38. The molecule has 27 heavy (non-hydrogen) atoms. The van der Waals surface area contributed by atoms with Gasteiger partial charge in [-0.05, 0) is 32.1 Å². The Kier molecular flexibility index (Phi) is 20.7. The first-order valence-corrected chi connectivity index (χ1v) is 11.2. The van der Waals surface area contributed by atoms with Gasteiger partial charge in [-0.25, -0.2) is 0 Å². The average Bonchev–Trinajstić information content (AvgIpc) is 2.65. The van der Waals surface area contributed by atoms with Gasteiger partial charge in [0.1, 0.15) is 6.42 Å². The predicted molar refractivity (Wildman–Crippen MR) is 110 cm³/mol. The van der Waals surface area contributed by atoms with E-state index in [2.05, 4.69) is 19.1 Å². The van der Waals surface area contributed by atoms with Gasteiger partial charge in [-0.3, -0.25) is 0 Å². The molecule has 0 aliphatic heterocycles. The summed E-state index contributed by atoms with van der Waals surface area (Å²) >= 11 is 0. The molecule has 0 saturated carbocycles. The lowest BCUT2D eigenvalue weighted by Gasteiger charge is -2.06. The van der Waals surface area contributed by atoms with Crippen LogP contribution in [-0.2, 0) is 9.63 Å². The van der Waals surface area contributed by atoms with Crippen LogP contribution in [0.25, 0.3) is 0 Å². The Hall–Kier alpha value is -0.910. The Morgan fingerprint density at radius 3 is 1.78 bits per heavy atom. The van der Waals surface area contributed by atoms with Crippen molar-refractivity contribution in [3.8, 4) is 0 Å². The van der Waals surface area contributed by atoms with Crippen molar-refractivity contribution in [1.29, 1.82) is 0 Å². The van der Waals surface area contributed by atoms with Crippen LogP contribution in [0.3, 0.4) is 0 Å². The van der Waals surface area contributed by atoms with Crippen molar-refractivity contribution < 1.29 is 24.9 Å². The molecule has 5 nitrogen and oxygen atoms in total. The first-order valence-electron chi connectivity index (χ1n) is 11.2. The molecule has 0 atom stereocenters. The van der Waals surface area contributed by atoms with Crippen molar-refractivity contribution in [1.82, 2.24) is 0 Å². The van der Waals surface area contributed by atoms with Crippen LogP contribution in [0.2, 0.25) is 0 Å². The van der Waals surface area contributed by atoms with Crippen molar-refractivity contribution in [3.63, 3.8) is 0 Å². The molecule has 0 amide bonds. The van der Waals surface area contributed by atoms with Crippen LogP contribution >= 0.6 is 0 Å². The number of unbranched alkanes of at least 4 members (excludes halogenated alkanes) is 11. The van der Waals surface area contributed by atoms with E-state index >= 15 is 0 Å². The van der Waals surface area contributed by atoms with E-state index in [9.17, 15) is 4.79 Å². The van der Waals surface area contributed by atoms with Crippen molar-refractivity contribution in [2.45, 2.75) is 96.8 Å². The first kappa shape index (κ1) is 26.1. The summed E-state index contributed by atoms with van der Waals surface area (Å²) in [5.41, 5.74) is 0. The van der Waals surface area contributed by atoms with Gasteiger partial charge in [-0.2, -0.15) is 0 Å². The van der Waals surface area contributed by atoms with Crippen LogP contribution in [-0.4, -0.2) is 42.5 Å². The molecule has 0 fully saturated rings. The topological polar surface area (TPSA) is 74.0 Å². The second kappa shape index (κ2) is 21.4. The molecule has 0 aromatic carbocycles. The molecule has 0 heterocycles. The zero-order chi connectivity index (χ0) is 20.0. The van der Waals surface area contributed by atoms with Crippen molar-refractivity contribution in [3.05, 3.63) is 12.2 Å². The second-order valence-corrected chi connectivity index (χ2v) is 7.29. The number of quaternary nitrogens is 1. The van der Waals surface area contributed by atoms with E-state index in [1.807, 2.05) is 0 Å². The maximum atomic E-state index is 11.7. The molecule has 0 saturated heterocycles.